The normalized spacial score (nSPS) is 20.8. The monoisotopic (exact) mass is 483 g/mol. The van der Waals surface area contributed by atoms with E-state index in [1.807, 2.05) is 0 Å². The molecule has 0 unspecified atom stereocenters. The van der Waals surface area contributed by atoms with Gasteiger partial charge in [-0.25, -0.2) is 0 Å². The molecule has 1 aliphatic heterocycles. The van der Waals surface area contributed by atoms with Crippen LogP contribution in [0, 0.1) is 5.92 Å². The molecule has 34 heavy (non-hydrogen) atoms. The van der Waals surface area contributed by atoms with Gasteiger partial charge in [0.2, 0.25) is 11.6 Å². The fourth-order valence-corrected chi connectivity index (χ4v) is 5.03. The smallest absolute Gasteiger partial charge is 0.201 e. The van der Waals surface area contributed by atoms with Gasteiger partial charge in [0.1, 0.15) is 5.92 Å². The van der Waals surface area contributed by atoms with Crippen LogP contribution in [0.2, 0.25) is 0 Å². The molecule has 0 aromatic heterocycles. The van der Waals surface area contributed by atoms with Crippen LogP contribution in [0.25, 0.3) is 0 Å². The summed E-state index contributed by atoms with van der Waals surface area (Å²) in [4.78, 5) is 13.8. The van der Waals surface area contributed by atoms with Crippen LogP contribution in [0.4, 0.5) is 0 Å². The number of piperidine rings is 1. The van der Waals surface area contributed by atoms with Gasteiger partial charge in [-0.15, -0.1) is 0 Å². The number of unbranched alkanes of at least 4 members (excludes halogenated alkanes) is 4. The van der Waals surface area contributed by atoms with Crippen LogP contribution in [0.3, 0.4) is 0 Å². The van der Waals surface area contributed by atoms with Crippen LogP contribution >= 0.6 is 0 Å². The molecule has 1 heterocycles. The highest BCUT2D eigenvalue weighted by atomic mass is 16.7. The molecular formula is C28H53NO5. The summed E-state index contributed by atoms with van der Waals surface area (Å²) < 4.78 is 26.6. The molecule has 6 nitrogen and oxygen atoms in total. The van der Waals surface area contributed by atoms with Crippen LogP contribution < -0.4 is 5.32 Å². The minimum absolute atomic E-state index is 0.177. The molecule has 0 aromatic rings. The van der Waals surface area contributed by atoms with E-state index in [1.165, 1.54) is 6.08 Å². The summed E-state index contributed by atoms with van der Waals surface area (Å²) in [6.45, 7) is 22.5. The van der Waals surface area contributed by atoms with E-state index in [0.29, 0.717) is 26.4 Å². The maximum Gasteiger partial charge on any atom is 0.201 e. The molecule has 200 valence electrons. The number of ether oxygens (including phenoxy) is 4. The summed E-state index contributed by atoms with van der Waals surface area (Å²) >= 11 is 0. The highest BCUT2D eigenvalue weighted by Gasteiger charge is 2.73. The van der Waals surface area contributed by atoms with Crippen LogP contribution in [0.1, 0.15) is 107 Å². The average molecular weight is 484 g/mol. The molecule has 1 fully saturated rings. The van der Waals surface area contributed by atoms with Crippen molar-refractivity contribution in [3.8, 4) is 0 Å². The second-order valence-corrected chi connectivity index (χ2v) is 10.6. The molecule has 0 bridgehead atoms. The summed E-state index contributed by atoms with van der Waals surface area (Å²) in [7, 11) is 0. The molecule has 0 saturated carbocycles. The Morgan fingerprint density at radius 1 is 0.706 bits per heavy atom. The zero-order valence-corrected chi connectivity index (χ0v) is 23.4. The number of ketones is 1. The van der Waals surface area contributed by atoms with Crippen LogP contribution in [0.15, 0.2) is 12.7 Å². The fourth-order valence-electron chi connectivity index (χ4n) is 5.03. The topological polar surface area (TPSA) is 66.0 Å². The number of allylic oxidation sites excluding steroid dienone is 1. The molecular weight excluding hydrogens is 430 g/mol. The molecule has 6 heteroatoms. The van der Waals surface area contributed by atoms with Crippen molar-refractivity contribution in [3.05, 3.63) is 12.7 Å². The molecule has 0 radical (unpaired) electrons. The van der Waals surface area contributed by atoms with Crippen molar-refractivity contribution in [2.24, 2.45) is 5.92 Å². The molecule has 0 aliphatic carbocycles. The third kappa shape index (κ3) is 6.70. The quantitative estimate of drug-likeness (QED) is 0.143. The molecule has 1 aliphatic rings. The van der Waals surface area contributed by atoms with Gasteiger partial charge >= 0.3 is 0 Å². The Hall–Kier alpha value is -0.790. The Morgan fingerprint density at radius 2 is 1.00 bits per heavy atom. The lowest BCUT2D eigenvalue weighted by molar-refractivity contribution is -0.406. The summed E-state index contributed by atoms with van der Waals surface area (Å²) in [5, 5.41) is 3.74. The summed E-state index contributed by atoms with van der Waals surface area (Å²) in [6, 6.07) is 0. The SMILES string of the molecule is C=CC(=O)C1C(OCCCC)(OCCCC)C(C)(C)NC(C)(C)C1(OCCCC)OCCCC. The third-order valence-corrected chi connectivity index (χ3v) is 6.87. The number of nitrogens with one attached hydrogen (secondary N) is 1. The average Bonchev–Trinajstić information content (AvgIpc) is 2.77. The van der Waals surface area contributed by atoms with Gasteiger partial charge in [-0.3, -0.25) is 10.1 Å². The van der Waals surface area contributed by atoms with Crippen molar-refractivity contribution < 1.29 is 23.7 Å². The molecule has 0 atom stereocenters. The number of hydrogen-bond acceptors (Lipinski definition) is 6. The van der Waals surface area contributed by atoms with Crippen molar-refractivity contribution in [1.82, 2.24) is 5.32 Å². The van der Waals surface area contributed by atoms with Crippen molar-refractivity contribution in [1.29, 1.82) is 0 Å². The summed E-state index contributed by atoms with van der Waals surface area (Å²) in [6.07, 6.45) is 8.78. The Morgan fingerprint density at radius 3 is 1.24 bits per heavy atom. The molecule has 1 N–H and O–H groups in total. The van der Waals surface area contributed by atoms with Gasteiger partial charge in [0.25, 0.3) is 0 Å². The van der Waals surface area contributed by atoms with Gasteiger partial charge in [-0.05, 0) is 59.5 Å². The van der Waals surface area contributed by atoms with E-state index in [4.69, 9.17) is 18.9 Å². The van der Waals surface area contributed by atoms with E-state index in [-0.39, 0.29) is 5.78 Å². The number of rotatable bonds is 18. The Kier molecular flexibility index (Phi) is 12.9. The lowest BCUT2D eigenvalue weighted by Gasteiger charge is -2.65. The minimum atomic E-state index is -1.28. The summed E-state index contributed by atoms with van der Waals surface area (Å²) in [5.41, 5.74) is -1.40. The van der Waals surface area contributed by atoms with Gasteiger partial charge in [0.05, 0.1) is 37.5 Å². The molecule has 0 amide bonds. The molecule has 1 rings (SSSR count). The maximum atomic E-state index is 13.8. The van der Waals surface area contributed by atoms with Crippen LogP contribution in [-0.2, 0) is 23.7 Å². The van der Waals surface area contributed by atoms with E-state index in [9.17, 15) is 4.79 Å². The minimum Gasteiger partial charge on any atom is -0.347 e. The highest BCUT2D eigenvalue weighted by Crippen LogP contribution is 2.53. The van der Waals surface area contributed by atoms with Crippen molar-refractivity contribution >= 4 is 5.78 Å². The van der Waals surface area contributed by atoms with Gasteiger partial charge in [0, 0.05) is 0 Å². The lowest BCUT2D eigenvalue weighted by atomic mass is 9.64. The molecule has 0 aromatic carbocycles. The first-order valence-corrected chi connectivity index (χ1v) is 13.6. The second-order valence-electron chi connectivity index (χ2n) is 10.6. The molecule has 0 spiro atoms. The van der Waals surface area contributed by atoms with Gasteiger partial charge in [-0.2, -0.15) is 0 Å². The Labute approximate surface area is 209 Å². The number of hydrogen-bond donors (Lipinski definition) is 1. The summed E-state index contributed by atoms with van der Waals surface area (Å²) in [5.74, 6) is -3.58. The van der Waals surface area contributed by atoms with E-state index < -0.39 is 28.6 Å². The van der Waals surface area contributed by atoms with Crippen molar-refractivity contribution in [3.63, 3.8) is 0 Å². The number of carbonyl (C=O) groups is 1. The van der Waals surface area contributed by atoms with Gasteiger partial charge in [0.15, 0.2) is 5.78 Å². The van der Waals surface area contributed by atoms with Gasteiger partial charge < -0.3 is 18.9 Å². The first-order chi connectivity index (χ1) is 16.1. The zero-order chi connectivity index (χ0) is 25.9. The largest absolute Gasteiger partial charge is 0.347 e. The van der Waals surface area contributed by atoms with E-state index in [1.54, 1.807) is 0 Å². The van der Waals surface area contributed by atoms with E-state index in [2.05, 4.69) is 67.3 Å². The third-order valence-electron chi connectivity index (χ3n) is 6.87. The first-order valence-electron chi connectivity index (χ1n) is 13.6. The Balaban J connectivity index is 3.80. The fraction of sp³-hybridized carbons (Fsp3) is 0.893. The van der Waals surface area contributed by atoms with E-state index in [0.717, 1.165) is 51.4 Å². The van der Waals surface area contributed by atoms with Crippen LogP contribution in [0.5, 0.6) is 0 Å². The Bertz CT molecular complexity index is 554. The van der Waals surface area contributed by atoms with Gasteiger partial charge in [-0.1, -0.05) is 60.0 Å². The predicted octanol–water partition coefficient (Wildman–Crippen LogP) is 6.18. The first kappa shape index (κ1) is 31.2. The number of carbonyl (C=O) groups excluding carboxylic acids is 1. The standard InChI is InChI=1S/C28H53NO5/c1-10-15-19-31-27(32-20-16-11-2)24(23(30)14-5)28(33-21-17-12-3,34-22-18-13-4)26(8,9)29-25(27,6)7/h14,24,29H,5,10-13,15-22H2,1-4,6-9H3. The van der Waals surface area contributed by atoms with Crippen molar-refractivity contribution in [2.75, 3.05) is 26.4 Å². The maximum absolute atomic E-state index is 13.8. The highest BCUT2D eigenvalue weighted by molar-refractivity contribution is 5.93. The second kappa shape index (κ2) is 14.1. The van der Waals surface area contributed by atoms with E-state index >= 15 is 0 Å². The lowest BCUT2D eigenvalue weighted by Crippen LogP contribution is -2.85. The van der Waals surface area contributed by atoms with Crippen LogP contribution in [-0.4, -0.2) is 54.9 Å². The predicted molar refractivity (Wildman–Crippen MR) is 139 cm³/mol. The van der Waals surface area contributed by atoms with Crippen molar-refractivity contribution in [2.45, 2.75) is 129 Å². The zero-order valence-electron chi connectivity index (χ0n) is 23.4. The molecule has 1 saturated heterocycles.